The Morgan fingerprint density at radius 2 is 1.92 bits per heavy atom. The summed E-state index contributed by atoms with van der Waals surface area (Å²) < 4.78 is 27.1. The molecule has 3 rings (SSSR count). The van der Waals surface area contributed by atoms with E-state index in [0.29, 0.717) is 24.9 Å². The molecule has 1 saturated carbocycles. The van der Waals surface area contributed by atoms with Crippen LogP contribution in [0.2, 0.25) is 0 Å². The zero-order chi connectivity index (χ0) is 17.9. The van der Waals surface area contributed by atoms with Gasteiger partial charge in [-0.15, -0.1) is 0 Å². The summed E-state index contributed by atoms with van der Waals surface area (Å²) in [5.74, 6) is -0.0300. The van der Waals surface area contributed by atoms with E-state index in [0.717, 1.165) is 25.8 Å². The van der Waals surface area contributed by atoms with Crippen LogP contribution in [0.3, 0.4) is 0 Å². The van der Waals surface area contributed by atoms with E-state index in [1.165, 1.54) is 24.3 Å². The van der Waals surface area contributed by atoms with E-state index in [-0.39, 0.29) is 29.3 Å². The molecular formula is C17H23N3O4S. The molecule has 1 saturated heterocycles. The van der Waals surface area contributed by atoms with Gasteiger partial charge in [0.2, 0.25) is 15.9 Å². The van der Waals surface area contributed by atoms with Gasteiger partial charge in [0.1, 0.15) is 0 Å². The lowest BCUT2D eigenvalue weighted by molar-refractivity contribution is -0.127. The molecule has 0 atom stereocenters. The highest BCUT2D eigenvalue weighted by Gasteiger charge is 2.24. The van der Waals surface area contributed by atoms with Gasteiger partial charge in [0.25, 0.3) is 5.91 Å². The second-order valence-electron chi connectivity index (χ2n) is 6.51. The first-order valence-corrected chi connectivity index (χ1v) is 10.1. The number of amides is 2. The van der Waals surface area contributed by atoms with Crippen molar-refractivity contribution in [1.82, 2.24) is 14.9 Å². The Kier molecular flexibility index (Phi) is 5.39. The van der Waals surface area contributed by atoms with Gasteiger partial charge in [0.15, 0.2) is 0 Å². The number of nitrogens with zero attached hydrogens (tertiary/aromatic N) is 1. The molecule has 2 fully saturated rings. The van der Waals surface area contributed by atoms with Gasteiger partial charge < -0.3 is 10.2 Å². The normalized spacial score (nSPS) is 17.8. The van der Waals surface area contributed by atoms with Gasteiger partial charge >= 0.3 is 0 Å². The number of carbonyl (C=O) groups excluding carboxylic acids is 2. The lowest BCUT2D eigenvalue weighted by atomic mass is 10.2. The summed E-state index contributed by atoms with van der Waals surface area (Å²) in [6, 6.07) is 6.19. The first-order valence-electron chi connectivity index (χ1n) is 8.64. The van der Waals surface area contributed by atoms with E-state index >= 15 is 0 Å². The summed E-state index contributed by atoms with van der Waals surface area (Å²) >= 11 is 0. The van der Waals surface area contributed by atoms with Crippen LogP contribution < -0.4 is 10.0 Å². The Morgan fingerprint density at radius 1 is 1.20 bits per heavy atom. The Balaban J connectivity index is 1.49. The van der Waals surface area contributed by atoms with E-state index in [2.05, 4.69) is 10.0 Å². The predicted molar refractivity (Wildman–Crippen MR) is 92.5 cm³/mol. The van der Waals surface area contributed by atoms with Crippen LogP contribution in [-0.4, -0.2) is 50.8 Å². The second-order valence-corrected chi connectivity index (χ2v) is 8.27. The van der Waals surface area contributed by atoms with E-state index in [1.54, 1.807) is 4.90 Å². The fraction of sp³-hybridized carbons (Fsp3) is 0.529. The monoisotopic (exact) mass is 365 g/mol. The van der Waals surface area contributed by atoms with Gasteiger partial charge in [0.05, 0.1) is 4.90 Å². The smallest absolute Gasteiger partial charge is 0.251 e. The molecule has 2 aliphatic rings. The van der Waals surface area contributed by atoms with Crippen molar-refractivity contribution < 1.29 is 18.0 Å². The summed E-state index contributed by atoms with van der Waals surface area (Å²) in [7, 11) is -3.61. The third-order valence-electron chi connectivity index (χ3n) is 4.41. The Bertz CT molecular complexity index is 742. The number of nitrogens with one attached hydrogen (secondary N) is 2. The van der Waals surface area contributed by atoms with Crippen molar-refractivity contribution in [2.24, 2.45) is 0 Å². The quantitative estimate of drug-likeness (QED) is 0.668. The van der Waals surface area contributed by atoms with Crippen molar-refractivity contribution >= 4 is 21.8 Å². The van der Waals surface area contributed by atoms with Crippen LogP contribution in [0.4, 0.5) is 0 Å². The zero-order valence-electron chi connectivity index (χ0n) is 14.0. The third-order valence-corrected chi connectivity index (χ3v) is 5.88. The molecule has 0 aromatic heterocycles. The number of carbonyl (C=O) groups is 2. The zero-order valence-corrected chi connectivity index (χ0v) is 14.8. The van der Waals surface area contributed by atoms with Gasteiger partial charge in [-0.05, 0) is 49.9 Å². The number of benzene rings is 1. The van der Waals surface area contributed by atoms with Crippen LogP contribution in [0.25, 0.3) is 0 Å². The van der Waals surface area contributed by atoms with Crippen molar-refractivity contribution in [2.45, 2.75) is 43.0 Å². The molecular weight excluding hydrogens is 342 g/mol. The topological polar surface area (TPSA) is 95.6 Å². The van der Waals surface area contributed by atoms with Crippen molar-refractivity contribution in [3.05, 3.63) is 29.8 Å². The molecule has 1 aliphatic heterocycles. The summed E-state index contributed by atoms with van der Waals surface area (Å²) in [6.45, 7) is 1.60. The molecule has 0 bridgehead atoms. The standard InChI is InChI=1S/C17H23N3O4S/c21-16-3-1-11-20(16)12-2-10-18-25(23,24)15-8-4-13(5-9-15)17(22)19-14-6-7-14/h4-5,8-9,14,18H,1-3,6-7,10-12H2,(H,19,22). The van der Waals surface area contributed by atoms with Crippen LogP contribution in [0.15, 0.2) is 29.2 Å². The largest absolute Gasteiger partial charge is 0.349 e. The molecule has 25 heavy (non-hydrogen) atoms. The van der Waals surface area contributed by atoms with Gasteiger partial charge in [-0.3, -0.25) is 9.59 Å². The van der Waals surface area contributed by atoms with Crippen LogP contribution in [0.1, 0.15) is 42.5 Å². The summed E-state index contributed by atoms with van der Waals surface area (Å²) in [6.07, 6.45) is 4.06. The maximum absolute atomic E-state index is 12.3. The minimum atomic E-state index is -3.61. The number of sulfonamides is 1. The predicted octanol–water partition coefficient (Wildman–Crippen LogP) is 0.870. The molecule has 1 aromatic rings. The average molecular weight is 365 g/mol. The lowest BCUT2D eigenvalue weighted by Gasteiger charge is -2.15. The SMILES string of the molecule is O=C(NC1CC1)c1ccc(S(=O)(=O)NCCCN2CCCC2=O)cc1. The number of hydrogen-bond acceptors (Lipinski definition) is 4. The van der Waals surface area contributed by atoms with Crippen LogP contribution in [0, 0.1) is 0 Å². The highest BCUT2D eigenvalue weighted by molar-refractivity contribution is 7.89. The molecule has 0 radical (unpaired) electrons. The summed E-state index contributed by atoms with van der Waals surface area (Å²) in [5, 5.41) is 2.86. The Morgan fingerprint density at radius 3 is 2.52 bits per heavy atom. The highest BCUT2D eigenvalue weighted by Crippen LogP contribution is 2.19. The van der Waals surface area contributed by atoms with E-state index < -0.39 is 10.0 Å². The first-order chi connectivity index (χ1) is 12.0. The summed E-state index contributed by atoms with van der Waals surface area (Å²) in [4.78, 5) is 25.3. The number of likely N-dealkylation sites (tertiary alicyclic amines) is 1. The average Bonchev–Trinajstić information content (AvgIpc) is 3.32. The first kappa shape index (κ1) is 17.9. The highest BCUT2D eigenvalue weighted by atomic mass is 32.2. The van der Waals surface area contributed by atoms with Crippen molar-refractivity contribution in [2.75, 3.05) is 19.6 Å². The minimum absolute atomic E-state index is 0.132. The fourth-order valence-electron chi connectivity index (χ4n) is 2.78. The maximum atomic E-state index is 12.3. The molecule has 7 nitrogen and oxygen atoms in total. The van der Waals surface area contributed by atoms with Gasteiger partial charge in [-0.2, -0.15) is 0 Å². The molecule has 0 spiro atoms. The summed E-state index contributed by atoms with van der Waals surface area (Å²) in [5.41, 5.74) is 0.457. The molecule has 2 N–H and O–H groups in total. The fourth-order valence-corrected chi connectivity index (χ4v) is 3.86. The van der Waals surface area contributed by atoms with Crippen molar-refractivity contribution in [3.8, 4) is 0 Å². The molecule has 2 amide bonds. The molecule has 1 aromatic carbocycles. The third kappa shape index (κ3) is 4.79. The molecule has 136 valence electrons. The number of rotatable bonds is 8. The molecule has 0 unspecified atom stereocenters. The molecule has 8 heteroatoms. The Labute approximate surface area is 147 Å². The Hall–Kier alpha value is -1.93. The van der Waals surface area contributed by atoms with Gasteiger partial charge in [0, 0.05) is 37.7 Å². The van der Waals surface area contributed by atoms with Crippen molar-refractivity contribution in [3.63, 3.8) is 0 Å². The van der Waals surface area contributed by atoms with Crippen LogP contribution in [0.5, 0.6) is 0 Å². The van der Waals surface area contributed by atoms with Crippen LogP contribution >= 0.6 is 0 Å². The van der Waals surface area contributed by atoms with E-state index in [9.17, 15) is 18.0 Å². The van der Waals surface area contributed by atoms with E-state index in [1.807, 2.05) is 0 Å². The van der Waals surface area contributed by atoms with E-state index in [4.69, 9.17) is 0 Å². The molecule has 1 heterocycles. The minimum Gasteiger partial charge on any atom is -0.349 e. The van der Waals surface area contributed by atoms with Gasteiger partial charge in [-0.25, -0.2) is 13.1 Å². The van der Waals surface area contributed by atoms with Crippen LogP contribution in [-0.2, 0) is 14.8 Å². The second kappa shape index (κ2) is 7.53. The number of hydrogen-bond donors (Lipinski definition) is 2. The van der Waals surface area contributed by atoms with Crippen molar-refractivity contribution in [1.29, 1.82) is 0 Å². The maximum Gasteiger partial charge on any atom is 0.251 e. The lowest BCUT2D eigenvalue weighted by Crippen LogP contribution is -2.30. The van der Waals surface area contributed by atoms with Gasteiger partial charge in [-0.1, -0.05) is 0 Å². The molecule has 1 aliphatic carbocycles.